The van der Waals surface area contributed by atoms with Gasteiger partial charge in [0.15, 0.2) is 0 Å². The molecule has 0 heterocycles. The van der Waals surface area contributed by atoms with Gasteiger partial charge in [0.25, 0.3) is 5.91 Å². The van der Waals surface area contributed by atoms with Gasteiger partial charge in [-0.2, -0.15) is 0 Å². The first-order chi connectivity index (χ1) is 9.39. The van der Waals surface area contributed by atoms with Gasteiger partial charge in [0, 0.05) is 18.5 Å². The summed E-state index contributed by atoms with van der Waals surface area (Å²) in [4.78, 5) is 11.6. The van der Waals surface area contributed by atoms with Crippen LogP contribution in [-0.2, 0) is 10.0 Å². The van der Waals surface area contributed by atoms with Crippen molar-refractivity contribution in [2.24, 2.45) is 0 Å². The van der Waals surface area contributed by atoms with E-state index in [0.29, 0.717) is 30.0 Å². The molecule has 0 aliphatic heterocycles. The maximum atomic E-state index is 11.9. The summed E-state index contributed by atoms with van der Waals surface area (Å²) in [6, 6.07) is 4.90. The molecule has 0 saturated heterocycles. The molecule has 7 heteroatoms. The Hall–Kier alpha value is -1.27. The van der Waals surface area contributed by atoms with Gasteiger partial charge < -0.3 is 5.32 Å². The van der Waals surface area contributed by atoms with Crippen LogP contribution in [0, 0.1) is 6.92 Å². The maximum absolute atomic E-state index is 11.9. The topological polar surface area (TPSA) is 75.3 Å². The molecule has 1 aromatic rings. The van der Waals surface area contributed by atoms with E-state index in [1.54, 1.807) is 19.1 Å². The summed E-state index contributed by atoms with van der Waals surface area (Å²) < 4.78 is 26.4. The fraction of sp³-hybridized carbons (Fsp3) is 0.462. The van der Waals surface area contributed by atoms with Gasteiger partial charge in [0.2, 0.25) is 10.0 Å². The van der Waals surface area contributed by atoms with Crippen LogP contribution in [0.4, 0.5) is 5.69 Å². The van der Waals surface area contributed by atoms with Crippen molar-refractivity contribution in [1.82, 2.24) is 5.32 Å². The zero-order chi connectivity index (χ0) is 15.2. The molecule has 0 atom stereocenters. The Morgan fingerprint density at radius 2 is 2.00 bits per heavy atom. The Morgan fingerprint density at radius 1 is 1.30 bits per heavy atom. The average Bonchev–Trinajstić information content (AvgIpc) is 2.40. The summed E-state index contributed by atoms with van der Waals surface area (Å²) in [6.45, 7) is 1.78. The molecule has 0 aliphatic carbocycles. The van der Waals surface area contributed by atoms with E-state index in [1.165, 1.54) is 13.1 Å². The van der Waals surface area contributed by atoms with Gasteiger partial charge in [-0.15, -0.1) is 11.6 Å². The normalized spacial score (nSPS) is 11.2. The lowest BCUT2D eigenvalue weighted by Crippen LogP contribution is -2.20. The van der Waals surface area contributed by atoms with Gasteiger partial charge in [-0.1, -0.05) is 6.07 Å². The SMILES string of the molecule is CNC(=O)c1ccc(C)c(NS(=O)(=O)CCCCCl)c1. The average molecular weight is 319 g/mol. The number of unbranched alkanes of at least 4 members (excludes halogenated alkanes) is 1. The molecule has 0 aromatic heterocycles. The second-order valence-corrected chi connectivity index (χ2v) is 6.65. The first-order valence-electron chi connectivity index (χ1n) is 6.29. The molecule has 112 valence electrons. The largest absolute Gasteiger partial charge is 0.355 e. The third-order valence-electron chi connectivity index (χ3n) is 2.79. The molecule has 0 spiro atoms. The van der Waals surface area contributed by atoms with Gasteiger partial charge in [0.05, 0.1) is 11.4 Å². The van der Waals surface area contributed by atoms with Crippen LogP contribution in [0.3, 0.4) is 0 Å². The number of halogens is 1. The molecule has 1 amide bonds. The van der Waals surface area contributed by atoms with E-state index in [9.17, 15) is 13.2 Å². The molecular formula is C13H19ClN2O3S. The number of benzene rings is 1. The molecule has 20 heavy (non-hydrogen) atoms. The Balaban J connectivity index is 2.88. The van der Waals surface area contributed by atoms with Crippen LogP contribution in [0.1, 0.15) is 28.8 Å². The first-order valence-corrected chi connectivity index (χ1v) is 8.47. The second-order valence-electron chi connectivity index (χ2n) is 4.43. The van der Waals surface area contributed by atoms with E-state index in [0.717, 1.165) is 5.56 Å². The van der Waals surface area contributed by atoms with E-state index in [1.807, 2.05) is 0 Å². The lowest BCUT2D eigenvalue weighted by molar-refractivity contribution is 0.0963. The molecule has 5 nitrogen and oxygen atoms in total. The van der Waals surface area contributed by atoms with Crippen LogP contribution < -0.4 is 10.0 Å². The minimum atomic E-state index is -3.42. The van der Waals surface area contributed by atoms with Crippen molar-refractivity contribution in [3.05, 3.63) is 29.3 Å². The van der Waals surface area contributed by atoms with Gasteiger partial charge in [-0.3, -0.25) is 9.52 Å². The van der Waals surface area contributed by atoms with Crippen molar-refractivity contribution >= 4 is 33.2 Å². The van der Waals surface area contributed by atoms with Crippen LogP contribution in [0.15, 0.2) is 18.2 Å². The van der Waals surface area contributed by atoms with E-state index in [-0.39, 0.29) is 11.7 Å². The molecule has 0 unspecified atom stereocenters. The minimum absolute atomic E-state index is 0.0172. The number of nitrogens with one attached hydrogen (secondary N) is 2. The van der Waals surface area contributed by atoms with E-state index in [4.69, 9.17) is 11.6 Å². The Labute approximate surface area is 124 Å². The van der Waals surface area contributed by atoms with Crippen LogP contribution in [0.5, 0.6) is 0 Å². The van der Waals surface area contributed by atoms with Crippen molar-refractivity contribution < 1.29 is 13.2 Å². The van der Waals surface area contributed by atoms with Crippen LogP contribution in [-0.4, -0.2) is 33.0 Å². The fourth-order valence-electron chi connectivity index (χ4n) is 1.62. The predicted octanol–water partition coefficient (Wildman–Crippen LogP) is 2.12. The maximum Gasteiger partial charge on any atom is 0.251 e. The zero-order valence-electron chi connectivity index (χ0n) is 11.6. The van der Waals surface area contributed by atoms with E-state index < -0.39 is 10.0 Å². The van der Waals surface area contributed by atoms with Crippen LogP contribution >= 0.6 is 11.6 Å². The number of rotatable bonds is 7. The number of hydrogen-bond acceptors (Lipinski definition) is 3. The standard InChI is InChI=1S/C13H19ClN2O3S/c1-10-5-6-11(13(17)15-2)9-12(10)16-20(18,19)8-4-3-7-14/h5-6,9,16H,3-4,7-8H2,1-2H3,(H,15,17). The van der Waals surface area contributed by atoms with Gasteiger partial charge in [0.1, 0.15) is 0 Å². The summed E-state index contributed by atoms with van der Waals surface area (Å²) in [6.07, 6.45) is 1.16. The molecule has 1 aromatic carbocycles. The highest BCUT2D eigenvalue weighted by Gasteiger charge is 2.13. The van der Waals surface area contributed by atoms with Crippen molar-refractivity contribution in [2.45, 2.75) is 19.8 Å². The van der Waals surface area contributed by atoms with E-state index >= 15 is 0 Å². The van der Waals surface area contributed by atoms with Crippen molar-refractivity contribution in [2.75, 3.05) is 23.4 Å². The Bertz CT molecular complexity index is 573. The summed E-state index contributed by atoms with van der Waals surface area (Å²) in [5, 5.41) is 2.50. The number of sulfonamides is 1. The van der Waals surface area contributed by atoms with Gasteiger partial charge >= 0.3 is 0 Å². The molecule has 0 saturated carbocycles. The highest BCUT2D eigenvalue weighted by atomic mass is 35.5. The van der Waals surface area contributed by atoms with Gasteiger partial charge in [-0.05, 0) is 37.5 Å². The summed E-state index contributed by atoms with van der Waals surface area (Å²) >= 11 is 5.53. The Morgan fingerprint density at radius 3 is 2.60 bits per heavy atom. The van der Waals surface area contributed by atoms with Crippen molar-refractivity contribution in [3.63, 3.8) is 0 Å². The molecule has 0 fully saturated rings. The number of carbonyl (C=O) groups excluding carboxylic acids is 1. The number of amides is 1. The predicted molar refractivity (Wildman–Crippen MR) is 81.9 cm³/mol. The number of alkyl halides is 1. The number of hydrogen-bond donors (Lipinski definition) is 2. The van der Waals surface area contributed by atoms with Crippen LogP contribution in [0.2, 0.25) is 0 Å². The molecule has 0 bridgehead atoms. The minimum Gasteiger partial charge on any atom is -0.355 e. The number of carbonyl (C=O) groups is 1. The van der Waals surface area contributed by atoms with Crippen molar-refractivity contribution in [3.8, 4) is 0 Å². The second kappa shape index (κ2) is 7.50. The highest BCUT2D eigenvalue weighted by Crippen LogP contribution is 2.18. The van der Waals surface area contributed by atoms with Crippen LogP contribution in [0.25, 0.3) is 0 Å². The summed E-state index contributed by atoms with van der Waals surface area (Å²) in [5.74, 6) is 0.206. The lowest BCUT2D eigenvalue weighted by atomic mass is 10.1. The summed E-state index contributed by atoms with van der Waals surface area (Å²) in [5.41, 5.74) is 1.60. The van der Waals surface area contributed by atoms with Gasteiger partial charge in [-0.25, -0.2) is 8.42 Å². The molecule has 0 radical (unpaired) electrons. The Kier molecular flexibility index (Phi) is 6.29. The monoisotopic (exact) mass is 318 g/mol. The highest BCUT2D eigenvalue weighted by molar-refractivity contribution is 7.92. The molecular weight excluding hydrogens is 300 g/mol. The number of aryl methyl sites for hydroxylation is 1. The smallest absolute Gasteiger partial charge is 0.251 e. The summed E-state index contributed by atoms with van der Waals surface area (Å²) in [7, 11) is -1.89. The molecule has 1 rings (SSSR count). The number of anilines is 1. The quantitative estimate of drug-likeness (QED) is 0.597. The van der Waals surface area contributed by atoms with E-state index in [2.05, 4.69) is 10.0 Å². The third-order valence-corrected chi connectivity index (χ3v) is 4.41. The molecule has 0 aliphatic rings. The third kappa shape index (κ3) is 5.02. The fourth-order valence-corrected chi connectivity index (χ4v) is 3.05. The molecule has 2 N–H and O–H groups in total. The first kappa shape index (κ1) is 16.8. The zero-order valence-corrected chi connectivity index (χ0v) is 13.1. The lowest BCUT2D eigenvalue weighted by Gasteiger charge is -2.11. The van der Waals surface area contributed by atoms with Crippen molar-refractivity contribution in [1.29, 1.82) is 0 Å².